The number of nitrogens with one attached hydrogen (secondary N) is 1. The fourth-order valence-corrected chi connectivity index (χ4v) is 4.45. The van der Waals surface area contributed by atoms with Crippen molar-refractivity contribution in [1.29, 1.82) is 0 Å². The molecule has 4 rings (SSSR count). The minimum absolute atomic E-state index is 0.120. The van der Waals surface area contributed by atoms with Crippen molar-refractivity contribution in [2.24, 2.45) is 0 Å². The van der Waals surface area contributed by atoms with Gasteiger partial charge in [-0.25, -0.2) is 0 Å². The molecule has 0 aromatic heterocycles. The van der Waals surface area contributed by atoms with Crippen LogP contribution in [0.2, 0.25) is 0 Å². The van der Waals surface area contributed by atoms with Gasteiger partial charge in [0.25, 0.3) is 5.91 Å². The minimum Gasteiger partial charge on any atom is -0.354 e. The first-order chi connectivity index (χ1) is 16.4. The summed E-state index contributed by atoms with van der Waals surface area (Å²) in [4.78, 5) is 42.9. The maximum absolute atomic E-state index is 13.7. The van der Waals surface area contributed by atoms with E-state index in [9.17, 15) is 14.4 Å². The minimum atomic E-state index is -0.667. The molecule has 0 aliphatic carbocycles. The van der Waals surface area contributed by atoms with Crippen molar-refractivity contribution in [2.45, 2.75) is 46.2 Å². The van der Waals surface area contributed by atoms with E-state index in [0.717, 1.165) is 40.4 Å². The number of carbonyl (C=O) groups excluding carboxylic acids is 3. The number of rotatable bonds is 9. The second kappa shape index (κ2) is 10.1. The van der Waals surface area contributed by atoms with E-state index >= 15 is 0 Å². The zero-order valence-corrected chi connectivity index (χ0v) is 20.0. The molecule has 0 fully saturated rings. The van der Waals surface area contributed by atoms with Crippen molar-refractivity contribution in [3.05, 3.63) is 77.4 Å². The largest absolute Gasteiger partial charge is 0.354 e. The summed E-state index contributed by atoms with van der Waals surface area (Å²) in [5.74, 6) is -0.635. The first kappa shape index (κ1) is 23.5. The van der Waals surface area contributed by atoms with Crippen LogP contribution >= 0.6 is 0 Å². The zero-order valence-electron chi connectivity index (χ0n) is 20.0. The van der Waals surface area contributed by atoms with Crippen LogP contribution in [0.15, 0.2) is 60.7 Å². The van der Waals surface area contributed by atoms with Crippen molar-refractivity contribution in [3.8, 4) is 0 Å². The average Bonchev–Trinajstić information content (AvgIpc) is 3.11. The summed E-state index contributed by atoms with van der Waals surface area (Å²) in [5, 5.41) is 4.78. The fraction of sp³-hybridized carbons (Fsp3) is 0.321. The Morgan fingerprint density at radius 3 is 2.50 bits per heavy atom. The predicted octanol–water partition coefficient (Wildman–Crippen LogP) is 4.44. The molecule has 6 heteroatoms. The SMILES string of the molecule is CCCCNC(=O)[C@H](C)N(Cc1ccccc1C)C(=O)CN1C(=O)c2cccc3cccc1c23. The maximum atomic E-state index is 13.7. The van der Waals surface area contributed by atoms with E-state index in [1.54, 1.807) is 17.9 Å². The predicted molar refractivity (Wildman–Crippen MR) is 135 cm³/mol. The third-order valence-electron chi connectivity index (χ3n) is 6.54. The molecule has 176 valence electrons. The summed E-state index contributed by atoms with van der Waals surface area (Å²) in [6, 6.07) is 18.5. The molecule has 3 amide bonds. The van der Waals surface area contributed by atoms with E-state index in [4.69, 9.17) is 0 Å². The van der Waals surface area contributed by atoms with E-state index in [1.807, 2.05) is 61.5 Å². The van der Waals surface area contributed by atoms with Gasteiger partial charge in [0.2, 0.25) is 11.8 Å². The van der Waals surface area contributed by atoms with Gasteiger partial charge in [0, 0.05) is 24.0 Å². The molecule has 1 atom stereocenters. The van der Waals surface area contributed by atoms with Gasteiger partial charge in [0.15, 0.2) is 0 Å². The number of benzene rings is 3. The summed E-state index contributed by atoms with van der Waals surface area (Å²) in [6.07, 6.45) is 1.86. The molecule has 1 heterocycles. The fourth-order valence-electron chi connectivity index (χ4n) is 4.45. The monoisotopic (exact) mass is 457 g/mol. The summed E-state index contributed by atoms with van der Waals surface area (Å²) >= 11 is 0. The highest BCUT2D eigenvalue weighted by atomic mass is 16.2. The highest BCUT2D eigenvalue weighted by molar-refractivity contribution is 6.26. The lowest BCUT2D eigenvalue weighted by atomic mass is 10.1. The maximum Gasteiger partial charge on any atom is 0.259 e. The smallest absolute Gasteiger partial charge is 0.259 e. The number of hydrogen-bond donors (Lipinski definition) is 1. The van der Waals surface area contributed by atoms with Gasteiger partial charge >= 0.3 is 0 Å². The lowest BCUT2D eigenvalue weighted by Crippen LogP contribution is -2.51. The van der Waals surface area contributed by atoms with E-state index in [0.29, 0.717) is 18.7 Å². The molecule has 1 aliphatic rings. The molecule has 0 spiro atoms. The molecule has 34 heavy (non-hydrogen) atoms. The highest BCUT2D eigenvalue weighted by Gasteiger charge is 2.34. The molecule has 3 aromatic carbocycles. The third-order valence-corrected chi connectivity index (χ3v) is 6.54. The molecule has 0 saturated heterocycles. The lowest BCUT2D eigenvalue weighted by molar-refractivity contribution is -0.139. The Balaban J connectivity index is 1.60. The van der Waals surface area contributed by atoms with Crippen LogP contribution in [0.5, 0.6) is 0 Å². The van der Waals surface area contributed by atoms with Gasteiger partial charge in [-0.15, -0.1) is 0 Å². The van der Waals surface area contributed by atoms with E-state index in [1.165, 1.54) is 4.90 Å². The molecule has 0 unspecified atom stereocenters. The number of nitrogens with zero attached hydrogens (tertiary/aromatic N) is 2. The van der Waals surface area contributed by atoms with Gasteiger partial charge in [-0.1, -0.05) is 61.9 Å². The van der Waals surface area contributed by atoms with Crippen molar-refractivity contribution >= 4 is 34.2 Å². The third kappa shape index (κ3) is 4.53. The molecule has 0 radical (unpaired) electrons. The number of carbonyl (C=O) groups is 3. The van der Waals surface area contributed by atoms with E-state index < -0.39 is 6.04 Å². The van der Waals surface area contributed by atoms with Crippen molar-refractivity contribution in [2.75, 3.05) is 18.0 Å². The van der Waals surface area contributed by atoms with E-state index in [2.05, 4.69) is 12.2 Å². The molecule has 3 aromatic rings. The van der Waals surface area contributed by atoms with Crippen LogP contribution < -0.4 is 10.2 Å². The Morgan fingerprint density at radius 2 is 1.76 bits per heavy atom. The van der Waals surface area contributed by atoms with Crippen molar-refractivity contribution in [1.82, 2.24) is 10.2 Å². The lowest BCUT2D eigenvalue weighted by Gasteiger charge is -2.31. The number of anilines is 1. The molecule has 1 aliphatic heterocycles. The molecule has 6 nitrogen and oxygen atoms in total. The van der Waals surface area contributed by atoms with Crippen LogP contribution in [0.25, 0.3) is 10.8 Å². The van der Waals surface area contributed by atoms with Gasteiger partial charge in [-0.05, 0) is 48.9 Å². The number of unbranched alkanes of at least 4 members (excludes halogenated alkanes) is 1. The van der Waals surface area contributed by atoms with Crippen molar-refractivity contribution in [3.63, 3.8) is 0 Å². The summed E-state index contributed by atoms with van der Waals surface area (Å²) in [7, 11) is 0. The Morgan fingerprint density at radius 1 is 1.03 bits per heavy atom. The van der Waals surface area contributed by atoms with E-state index in [-0.39, 0.29) is 24.3 Å². The van der Waals surface area contributed by atoms with Crippen LogP contribution in [0.1, 0.15) is 48.2 Å². The average molecular weight is 458 g/mol. The van der Waals surface area contributed by atoms with Gasteiger partial charge in [-0.2, -0.15) is 0 Å². The first-order valence-electron chi connectivity index (χ1n) is 11.9. The second-order valence-electron chi connectivity index (χ2n) is 8.84. The highest BCUT2D eigenvalue weighted by Crippen LogP contribution is 2.37. The Bertz CT molecular complexity index is 1230. The van der Waals surface area contributed by atoms with Crippen molar-refractivity contribution < 1.29 is 14.4 Å². The van der Waals surface area contributed by atoms with Crippen LogP contribution in [0.3, 0.4) is 0 Å². The summed E-state index contributed by atoms with van der Waals surface area (Å²) < 4.78 is 0. The summed E-state index contributed by atoms with van der Waals surface area (Å²) in [5.41, 5.74) is 3.37. The van der Waals surface area contributed by atoms with Gasteiger partial charge in [0.1, 0.15) is 12.6 Å². The second-order valence-corrected chi connectivity index (χ2v) is 8.84. The molecule has 0 bridgehead atoms. The number of aryl methyl sites for hydroxylation is 1. The molecule has 1 N–H and O–H groups in total. The van der Waals surface area contributed by atoms with Crippen LogP contribution in [-0.2, 0) is 16.1 Å². The Kier molecular flexibility index (Phi) is 6.96. The van der Waals surface area contributed by atoms with Crippen LogP contribution in [-0.4, -0.2) is 41.8 Å². The van der Waals surface area contributed by atoms with Gasteiger partial charge in [0.05, 0.1) is 5.69 Å². The summed E-state index contributed by atoms with van der Waals surface area (Å²) in [6.45, 7) is 6.56. The quantitative estimate of drug-likeness (QED) is 0.483. The number of hydrogen-bond acceptors (Lipinski definition) is 3. The first-order valence-corrected chi connectivity index (χ1v) is 11.9. The Labute approximate surface area is 200 Å². The molecular weight excluding hydrogens is 426 g/mol. The standard InChI is InChI=1S/C28H31N3O3/c1-4-5-16-29-27(33)20(3)30(17-22-11-7-6-10-19(22)2)25(32)18-31-24-15-9-13-21-12-8-14-23(26(21)24)28(31)34/h6-15,20H,4-5,16-18H2,1-3H3,(H,29,33)/t20-/m0/s1. The Hall–Kier alpha value is -3.67. The van der Waals surface area contributed by atoms with Crippen LogP contribution in [0.4, 0.5) is 5.69 Å². The normalized spacial score (nSPS) is 13.3. The molecular formula is C28H31N3O3. The van der Waals surface area contributed by atoms with Crippen LogP contribution in [0, 0.1) is 6.92 Å². The molecule has 0 saturated carbocycles. The topological polar surface area (TPSA) is 69.7 Å². The van der Waals surface area contributed by atoms with Gasteiger partial charge < -0.3 is 10.2 Å². The van der Waals surface area contributed by atoms with Gasteiger partial charge in [-0.3, -0.25) is 19.3 Å². The zero-order chi connectivity index (χ0) is 24.2. The number of amides is 3.